The minimum Gasteiger partial charge on any atom is -0.383 e. The third-order valence-electron chi connectivity index (χ3n) is 4.31. The van der Waals surface area contributed by atoms with Crippen LogP contribution in [0.2, 0.25) is 0 Å². The van der Waals surface area contributed by atoms with Crippen molar-refractivity contribution in [2.24, 2.45) is 4.99 Å². The number of thiophene rings is 1. The van der Waals surface area contributed by atoms with Gasteiger partial charge in [-0.15, -0.1) is 11.3 Å². The Kier molecular flexibility index (Phi) is 8.06. The summed E-state index contributed by atoms with van der Waals surface area (Å²) in [6, 6.07) is 9.20. The van der Waals surface area contributed by atoms with Crippen LogP contribution in [0, 0.1) is 6.92 Å². The number of aliphatic imine (C=N–C) groups is 1. The van der Waals surface area contributed by atoms with Crippen molar-refractivity contribution in [3.63, 3.8) is 0 Å². The fraction of sp³-hybridized carbons (Fsp3) is 0.500. The van der Waals surface area contributed by atoms with Crippen LogP contribution in [0.5, 0.6) is 0 Å². The van der Waals surface area contributed by atoms with E-state index >= 15 is 0 Å². The topological polar surface area (TPSA) is 78.7 Å². The molecule has 3 N–H and O–H groups in total. The highest BCUT2D eigenvalue weighted by molar-refractivity contribution is 7.10. The van der Waals surface area contributed by atoms with Crippen LogP contribution in [0.4, 0.5) is 0 Å². The molecule has 0 amide bonds. The molecule has 6 nitrogen and oxygen atoms in total. The average Bonchev–Trinajstić information content (AvgIpc) is 3.17. The molecule has 27 heavy (non-hydrogen) atoms. The lowest BCUT2D eigenvalue weighted by Gasteiger charge is -2.20. The first-order valence-electron chi connectivity index (χ1n) is 9.39. The molecule has 0 aliphatic carbocycles. The molecule has 2 rings (SSSR count). The van der Waals surface area contributed by atoms with E-state index in [0.717, 1.165) is 36.5 Å². The Morgan fingerprint density at radius 3 is 2.74 bits per heavy atom. The Hall–Kier alpha value is -2.12. The number of nitrogens with one attached hydrogen (secondary N) is 2. The summed E-state index contributed by atoms with van der Waals surface area (Å²) in [5.74, 6) is 0.697. The second kappa shape index (κ2) is 10.3. The summed E-state index contributed by atoms with van der Waals surface area (Å²) in [5.41, 5.74) is 0.0672. The summed E-state index contributed by atoms with van der Waals surface area (Å²) in [6.45, 7) is 8.27. The molecule has 0 fully saturated rings. The summed E-state index contributed by atoms with van der Waals surface area (Å²) in [5, 5.41) is 19.1. The summed E-state index contributed by atoms with van der Waals surface area (Å²) in [4.78, 5) is 17.3. The van der Waals surface area contributed by atoms with Crippen molar-refractivity contribution in [1.29, 1.82) is 0 Å². The first-order chi connectivity index (χ1) is 12.9. The number of nitrogens with zero attached hydrogens (tertiary/aromatic N) is 2. The summed E-state index contributed by atoms with van der Waals surface area (Å²) < 4.78 is 1.80. The van der Waals surface area contributed by atoms with Crippen molar-refractivity contribution in [2.75, 3.05) is 19.6 Å². The van der Waals surface area contributed by atoms with E-state index < -0.39 is 5.60 Å². The zero-order valence-electron chi connectivity index (χ0n) is 16.4. The fourth-order valence-corrected chi connectivity index (χ4v) is 3.53. The number of aliphatic hydroxyl groups is 1. The van der Waals surface area contributed by atoms with Crippen molar-refractivity contribution >= 4 is 17.3 Å². The fourth-order valence-electron chi connectivity index (χ4n) is 2.75. The first kappa shape index (κ1) is 21.2. The molecule has 0 aliphatic rings. The van der Waals surface area contributed by atoms with Gasteiger partial charge in [-0.25, -0.2) is 4.99 Å². The van der Waals surface area contributed by atoms with Gasteiger partial charge in [0.05, 0.1) is 6.54 Å². The standard InChI is InChI=1S/C20H30N4O2S/c1-4-21-19(23-15-20(3,26)17-10-8-14-27-17)22-12-5-6-13-24-16(2)9-7-11-18(24)25/h7-11,14,26H,4-6,12-13,15H2,1-3H3,(H2,21,22,23). The van der Waals surface area contributed by atoms with E-state index in [1.54, 1.807) is 23.6 Å². The van der Waals surface area contributed by atoms with E-state index in [9.17, 15) is 9.90 Å². The summed E-state index contributed by atoms with van der Waals surface area (Å²) in [6.07, 6.45) is 1.83. The van der Waals surface area contributed by atoms with Crippen LogP contribution < -0.4 is 16.2 Å². The highest BCUT2D eigenvalue weighted by Gasteiger charge is 2.23. The minimum atomic E-state index is -0.970. The average molecular weight is 391 g/mol. The first-order valence-corrected chi connectivity index (χ1v) is 10.3. The Morgan fingerprint density at radius 2 is 2.07 bits per heavy atom. The van der Waals surface area contributed by atoms with Gasteiger partial charge in [-0.05, 0) is 51.1 Å². The van der Waals surface area contributed by atoms with Crippen LogP contribution in [-0.4, -0.2) is 35.3 Å². The van der Waals surface area contributed by atoms with E-state index in [1.807, 2.05) is 37.4 Å². The van der Waals surface area contributed by atoms with Crippen LogP contribution >= 0.6 is 11.3 Å². The van der Waals surface area contributed by atoms with E-state index in [1.165, 1.54) is 11.3 Å². The maximum absolute atomic E-state index is 11.9. The number of hydrogen-bond donors (Lipinski definition) is 3. The molecule has 2 heterocycles. The third kappa shape index (κ3) is 6.52. The smallest absolute Gasteiger partial charge is 0.250 e. The van der Waals surface area contributed by atoms with E-state index in [-0.39, 0.29) is 5.56 Å². The number of pyridine rings is 1. The number of hydrogen-bond acceptors (Lipinski definition) is 4. The molecule has 148 valence electrons. The molecule has 1 unspecified atom stereocenters. The molecule has 0 saturated heterocycles. The van der Waals surface area contributed by atoms with Crippen LogP contribution in [0.3, 0.4) is 0 Å². The van der Waals surface area contributed by atoms with E-state index in [2.05, 4.69) is 15.6 Å². The second-order valence-electron chi connectivity index (χ2n) is 6.74. The highest BCUT2D eigenvalue weighted by atomic mass is 32.1. The van der Waals surface area contributed by atoms with Gasteiger partial charge < -0.3 is 20.3 Å². The zero-order valence-corrected chi connectivity index (χ0v) is 17.2. The molecule has 0 aliphatic heterocycles. The Bertz CT molecular complexity index is 782. The van der Waals surface area contributed by atoms with Crippen molar-refractivity contribution in [2.45, 2.75) is 45.8 Å². The number of guanidine groups is 1. The second-order valence-corrected chi connectivity index (χ2v) is 7.68. The van der Waals surface area contributed by atoms with Crippen molar-refractivity contribution in [3.8, 4) is 0 Å². The van der Waals surface area contributed by atoms with Gasteiger partial charge >= 0.3 is 0 Å². The molecular weight excluding hydrogens is 360 g/mol. The normalized spacial score (nSPS) is 14.0. The lowest BCUT2D eigenvalue weighted by Crippen LogP contribution is -2.39. The van der Waals surface area contributed by atoms with Gasteiger partial charge in [-0.2, -0.15) is 0 Å². The highest BCUT2D eigenvalue weighted by Crippen LogP contribution is 2.25. The number of unbranched alkanes of at least 4 members (excludes halogenated alkanes) is 1. The van der Waals surface area contributed by atoms with Gasteiger partial charge in [0.1, 0.15) is 5.60 Å². The van der Waals surface area contributed by atoms with Crippen molar-refractivity contribution in [3.05, 3.63) is 56.6 Å². The maximum atomic E-state index is 11.9. The summed E-state index contributed by atoms with van der Waals surface area (Å²) >= 11 is 1.53. The molecular formula is C20H30N4O2S. The molecule has 7 heteroatoms. The molecule has 0 saturated carbocycles. The van der Waals surface area contributed by atoms with Crippen LogP contribution in [-0.2, 0) is 12.1 Å². The predicted octanol–water partition coefficient (Wildman–Crippen LogP) is 2.46. The Morgan fingerprint density at radius 1 is 1.26 bits per heavy atom. The molecule has 0 bridgehead atoms. The largest absolute Gasteiger partial charge is 0.383 e. The summed E-state index contributed by atoms with van der Waals surface area (Å²) in [7, 11) is 0. The number of aryl methyl sites for hydroxylation is 1. The third-order valence-corrected chi connectivity index (χ3v) is 5.43. The quantitative estimate of drug-likeness (QED) is 0.349. The molecule has 0 radical (unpaired) electrons. The monoisotopic (exact) mass is 390 g/mol. The molecule has 0 spiro atoms. The zero-order chi connectivity index (χ0) is 19.7. The van der Waals surface area contributed by atoms with Crippen LogP contribution in [0.25, 0.3) is 0 Å². The Labute approximate surface area is 165 Å². The predicted molar refractivity (Wildman–Crippen MR) is 113 cm³/mol. The lowest BCUT2D eigenvalue weighted by atomic mass is 10.1. The van der Waals surface area contributed by atoms with E-state index in [4.69, 9.17) is 0 Å². The molecule has 1 atom stereocenters. The number of rotatable bonds is 9. The van der Waals surface area contributed by atoms with Gasteiger partial charge in [0.2, 0.25) is 0 Å². The van der Waals surface area contributed by atoms with Crippen molar-refractivity contribution < 1.29 is 5.11 Å². The maximum Gasteiger partial charge on any atom is 0.250 e. The SMILES string of the molecule is CCNC(=NCC(C)(O)c1cccs1)NCCCCn1c(C)cccc1=O. The number of aromatic nitrogens is 1. The van der Waals surface area contributed by atoms with Crippen LogP contribution in [0.1, 0.15) is 37.3 Å². The van der Waals surface area contributed by atoms with Gasteiger partial charge in [0, 0.05) is 36.3 Å². The van der Waals surface area contributed by atoms with E-state index in [0.29, 0.717) is 19.0 Å². The van der Waals surface area contributed by atoms with Gasteiger partial charge in [0.15, 0.2) is 5.96 Å². The van der Waals surface area contributed by atoms with Crippen molar-refractivity contribution in [1.82, 2.24) is 15.2 Å². The van der Waals surface area contributed by atoms with Crippen LogP contribution in [0.15, 0.2) is 45.5 Å². The molecule has 2 aromatic heterocycles. The lowest BCUT2D eigenvalue weighted by molar-refractivity contribution is 0.0711. The Balaban J connectivity index is 1.81. The minimum absolute atomic E-state index is 0.0497. The van der Waals surface area contributed by atoms with Gasteiger partial charge in [-0.3, -0.25) is 4.79 Å². The van der Waals surface area contributed by atoms with Gasteiger partial charge in [-0.1, -0.05) is 12.1 Å². The van der Waals surface area contributed by atoms with Gasteiger partial charge in [0.25, 0.3) is 5.56 Å². The molecule has 2 aromatic rings. The molecule has 0 aromatic carbocycles.